The van der Waals surface area contributed by atoms with E-state index in [1.54, 1.807) is 0 Å². The van der Waals surface area contributed by atoms with Crippen LogP contribution in [0.2, 0.25) is 0 Å². The number of unbranched alkanes of at least 4 members (excludes halogenated alkanes) is 12. The molecule has 0 aromatic rings. The van der Waals surface area contributed by atoms with Gasteiger partial charge in [-0.2, -0.15) is 0 Å². The Morgan fingerprint density at radius 3 is 1.60 bits per heavy atom. The van der Waals surface area contributed by atoms with Crippen LogP contribution in [0, 0.1) is 0 Å². The third kappa shape index (κ3) is 19.7. The van der Waals surface area contributed by atoms with Crippen molar-refractivity contribution < 1.29 is 24.2 Å². The van der Waals surface area contributed by atoms with E-state index in [4.69, 9.17) is 9.47 Å². The van der Waals surface area contributed by atoms with Crippen LogP contribution in [0.1, 0.15) is 103 Å². The highest BCUT2D eigenvalue weighted by atomic mass is 16.6. The number of hydrogen-bond donors (Lipinski definition) is 1. The summed E-state index contributed by atoms with van der Waals surface area (Å²) in [7, 11) is 0. The molecule has 0 bridgehead atoms. The van der Waals surface area contributed by atoms with Gasteiger partial charge in [0, 0.05) is 12.8 Å². The molecule has 0 aromatic carbocycles. The molecule has 5 heteroatoms. The molecule has 0 aromatic heterocycles. The molecule has 1 atom stereocenters. The molecule has 0 fully saturated rings. The Kier molecular flexibility index (Phi) is 20.9. The standard InChI is InChI=1S/C25H44O5/c1-3-5-7-9-11-13-15-17-19-24(27)29-22-23(21-26)30-25(28)20-18-16-14-12-10-8-6-4-2/h3-4,23,26H,1-2,5-22H2. The van der Waals surface area contributed by atoms with E-state index >= 15 is 0 Å². The van der Waals surface area contributed by atoms with Crippen molar-refractivity contribution in [2.24, 2.45) is 0 Å². The molecule has 0 aliphatic heterocycles. The molecule has 0 aliphatic rings. The topological polar surface area (TPSA) is 72.8 Å². The first-order valence-electron chi connectivity index (χ1n) is 11.8. The van der Waals surface area contributed by atoms with Crippen molar-refractivity contribution in [1.82, 2.24) is 0 Å². The molecule has 1 unspecified atom stereocenters. The van der Waals surface area contributed by atoms with E-state index in [0.29, 0.717) is 12.8 Å². The molecule has 0 radical (unpaired) electrons. The lowest BCUT2D eigenvalue weighted by Gasteiger charge is -2.15. The Balaban J connectivity index is 3.66. The van der Waals surface area contributed by atoms with Crippen LogP contribution < -0.4 is 0 Å². The van der Waals surface area contributed by atoms with E-state index in [9.17, 15) is 14.7 Å². The minimum atomic E-state index is -0.773. The first kappa shape index (κ1) is 28.4. The smallest absolute Gasteiger partial charge is 0.306 e. The van der Waals surface area contributed by atoms with Crippen molar-refractivity contribution >= 4 is 11.9 Å². The largest absolute Gasteiger partial charge is 0.462 e. The van der Waals surface area contributed by atoms with Crippen LogP contribution in [0.3, 0.4) is 0 Å². The normalized spacial score (nSPS) is 11.6. The lowest BCUT2D eigenvalue weighted by Crippen LogP contribution is -2.28. The summed E-state index contributed by atoms with van der Waals surface area (Å²) in [6, 6.07) is 0. The Bertz CT molecular complexity index is 447. The summed E-state index contributed by atoms with van der Waals surface area (Å²) in [6.45, 7) is 7.01. The highest BCUT2D eigenvalue weighted by Crippen LogP contribution is 2.11. The summed E-state index contributed by atoms with van der Waals surface area (Å²) in [5.74, 6) is -0.638. The van der Waals surface area contributed by atoms with E-state index in [1.165, 1.54) is 38.5 Å². The molecule has 0 heterocycles. The second-order valence-corrected chi connectivity index (χ2v) is 7.87. The number of rotatable bonds is 22. The van der Waals surface area contributed by atoms with Crippen LogP contribution in [-0.2, 0) is 19.1 Å². The van der Waals surface area contributed by atoms with Crippen molar-refractivity contribution in [3.8, 4) is 0 Å². The molecule has 0 saturated heterocycles. The molecule has 0 aliphatic carbocycles. The van der Waals surface area contributed by atoms with E-state index in [2.05, 4.69) is 13.2 Å². The van der Waals surface area contributed by atoms with Crippen LogP contribution >= 0.6 is 0 Å². The number of carbonyl (C=O) groups is 2. The fourth-order valence-electron chi connectivity index (χ4n) is 3.16. The van der Waals surface area contributed by atoms with Crippen LogP contribution in [0.15, 0.2) is 25.3 Å². The average molecular weight is 425 g/mol. The summed E-state index contributed by atoms with van der Waals surface area (Å²) in [5, 5.41) is 9.35. The van der Waals surface area contributed by atoms with Crippen LogP contribution in [0.25, 0.3) is 0 Å². The molecule has 0 rings (SSSR count). The number of aliphatic hydroxyl groups is 1. The predicted molar refractivity (Wildman–Crippen MR) is 122 cm³/mol. The molecule has 174 valence electrons. The Morgan fingerprint density at radius 1 is 0.700 bits per heavy atom. The highest BCUT2D eigenvalue weighted by molar-refractivity contribution is 5.70. The Hall–Kier alpha value is -1.62. The fourth-order valence-corrected chi connectivity index (χ4v) is 3.16. The maximum absolute atomic E-state index is 11.9. The predicted octanol–water partition coefficient (Wildman–Crippen LogP) is 6.05. The molecule has 5 nitrogen and oxygen atoms in total. The van der Waals surface area contributed by atoms with E-state index in [1.807, 2.05) is 12.2 Å². The molecule has 0 saturated carbocycles. The second-order valence-electron chi connectivity index (χ2n) is 7.87. The summed E-state index contributed by atoms with van der Waals surface area (Å²) >= 11 is 0. The van der Waals surface area contributed by atoms with Crippen molar-refractivity contribution in [2.75, 3.05) is 13.2 Å². The minimum Gasteiger partial charge on any atom is -0.462 e. The van der Waals surface area contributed by atoms with Crippen LogP contribution in [-0.4, -0.2) is 36.4 Å². The molecule has 1 N–H and O–H groups in total. The van der Waals surface area contributed by atoms with Crippen molar-refractivity contribution in [2.45, 2.75) is 109 Å². The van der Waals surface area contributed by atoms with Crippen molar-refractivity contribution in [1.29, 1.82) is 0 Å². The van der Waals surface area contributed by atoms with E-state index in [0.717, 1.165) is 51.4 Å². The van der Waals surface area contributed by atoms with Crippen molar-refractivity contribution in [3.05, 3.63) is 25.3 Å². The van der Waals surface area contributed by atoms with Gasteiger partial charge < -0.3 is 14.6 Å². The van der Waals surface area contributed by atoms with Gasteiger partial charge in [-0.15, -0.1) is 13.2 Å². The maximum atomic E-state index is 11.9. The number of allylic oxidation sites excluding steroid dienone is 2. The van der Waals surface area contributed by atoms with Gasteiger partial charge in [-0.1, -0.05) is 63.5 Å². The Morgan fingerprint density at radius 2 is 1.13 bits per heavy atom. The summed E-state index contributed by atoms with van der Waals surface area (Å²) in [6.07, 6.45) is 18.9. The summed E-state index contributed by atoms with van der Waals surface area (Å²) in [5.41, 5.74) is 0. The van der Waals surface area contributed by atoms with E-state index in [-0.39, 0.29) is 25.2 Å². The zero-order valence-corrected chi connectivity index (χ0v) is 19.0. The third-order valence-electron chi connectivity index (χ3n) is 5.01. The van der Waals surface area contributed by atoms with Gasteiger partial charge in [-0.05, 0) is 38.5 Å². The third-order valence-corrected chi connectivity index (χ3v) is 5.01. The molecular weight excluding hydrogens is 380 g/mol. The molecule has 30 heavy (non-hydrogen) atoms. The number of carbonyl (C=O) groups excluding carboxylic acids is 2. The molecule has 0 amide bonds. The summed E-state index contributed by atoms with van der Waals surface area (Å²) < 4.78 is 10.4. The van der Waals surface area contributed by atoms with Gasteiger partial charge >= 0.3 is 11.9 Å². The quantitative estimate of drug-likeness (QED) is 0.130. The first-order valence-corrected chi connectivity index (χ1v) is 11.8. The van der Waals surface area contributed by atoms with Crippen LogP contribution in [0.5, 0.6) is 0 Å². The maximum Gasteiger partial charge on any atom is 0.306 e. The zero-order valence-electron chi connectivity index (χ0n) is 19.0. The minimum absolute atomic E-state index is 0.0775. The number of aliphatic hydroxyl groups excluding tert-OH is 1. The Labute approximate surface area is 183 Å². The zero-order chi connectivity index (χ0) is 22.3. The lowest BCUT2D eigenvalue weighted by atomic mass is 10.1. The van der Waals surface area contributed by atoms with Gasteiger partial charge in [0.25, 0.3) is 0 Å². The summed E-state index contributed by atoms with van der Waals surface area (Å²) in [4.78, 5) is 23.7. The van der Waals surface area contributed by atoms with Gasteiger partial charge in [0.05, 0.1) is 6.61 Å². The molecular formula is C25H44O5. The van der Waals surface area contributed by atoms with Gasteiger partial charge in [-0.3, -0.25) is 9.59 Å². The van der Waals surface area contributed by atoms with Gasteiger partial charge in [-0.25, -0.2) is 0 Å². The average Bonchev–Trinajstić information content (AvgIpc) is 2.74. The molecule has 0 spiro atoms. The second kappa shape index (κ2) is 22.1. The number of esters is 2. The number of hydrogen-bond acceptors (Lipinski definition) is 5. The van der Waals surface area contributed by atoms with Crippen molar-refractivity contribution in [3.63, 3.8) is 0 Å². The monoisotopic (exact) mass is 424 g/mol. The van der Waals surface area contributed by atoms with Gasteiger partial charge in [0.2, 0.25) is 0 Å². The number of ether oxygens (including phenoxy) is 2. The van der Waals surface area contributed by atoms with Gasteiger partial charge in [0.15, 0.2) is 6.10 Å². The lowest BCUT2D eigenvalue weighted by molar-refractivity contribution is -0.161. The SMILES string of the molecule is C=CCCCCCCCCC(=O)OCC(CO)OC(=O)CCCCCCCCC=C. The van der Waals surface area contributed by atoms with Gasteiger partial charge in [0.1, 0.15) is 6.61 Å². The van der Waals surface area contributed by atoms with Crippen LogP contribution in [0.4, 0.5) is 0 Å². The van der Waals surface area contributed by atoms with E-state index < -0.39 is 6.10 Å². The first-order chi connectivity index (χ1) is 14.6. The fraction of sp³-hybridized carbons (Fsp3) is 0.760. The highest BCUT2D eigenvalue weighted by Gasteiger charge is 2.16.